The molecule has 3 aliphatic rings. The molecule has 1 aromatic carbocycles. The molecule has 4 rings (SSSR count). The van der Waals surface area contributed by atoms with Gasteiger partial charge in [-0.3, -0.25) is 18.6 Å². The topological polar surface area (TPSA) is 130 Å². The quantitative estimate of drug-likeness (QED) is 0.584. The third kappa shape index (κ3) is 4.61. The summed E-state index contributed by atoms with van der Waals surface area (Å²) in [7, 11) is -3.32. The molecule has 160 valence electrons. The number of rotatable bonds is 4. The summed E-state index contributed by atoms with van der Waals surface area (Å²) in [6.07, 6.45) is 3.56. The lowest BCUT2D eigenvalue weighted by Crippen LogP contribution is -2.45. The number of fused-ring (bicyclic) bond motifs is 1. The number of carbonyl (C=O) groups excluding carboxylic acids is 1. The van der Waals surface area contributed by atoms with Crippen LogP contribution in [0.5, 0.6) is 5.75 Å². The van der Waals surface area contributed by atoms with Gasteiger partial charge in [0.1, 0.15) is 5.75 Å². The van der Waals surface area contributed by atoms with Gasteiger partial charge in [-0.25, -0.2) is 0 Å². The molecule has 1 aromatic rings. The van der Waals surface area contributed by atoms with Crippen LogP contribution in [0.1, 0.15) is 31.2 Å². The van der Waals surface area contributed by atoms with Gasteiger partial charge in [0.15, 0.2) is 5.84 Å². The van der Waals surface area contributed by atoms with Crippen LogP contribution in [0.2, 0.25) is 0 Å². The van der Waals surface area contributed by atoms with Crippen LogP contribution in [0.3, 0.4) is 0 Å². The van der Waals surface area contributed by atoms with E-state index in [4.69, 9.17) is 15.2 Å². The van der Waals surface area contributed by atoms with Crippen molar-refractivity contribution in [1.29, 1.82) is 0 Å². The van der Waals surface area contributed by atoms with Gasteiger partial charge in [0.25, 0.3) is 0 Å². The zero-order valence-corrected chi connectivity index (χ0v) is 17.1. The number of piperidine rings is 1. The molecule has 5 N–H and O–H groups in total. The number of ether oxygens (including phenoxy) is 2. The molecule has 0 bridgehead atoms. The molecule has 2 fully saturated rings. The highest BCUT2D eigenvalue weighted by Gasteiger charge is 2.31. The Balaban J connectivity index is 1.39. The van der Waals surface area contributed by atoms with Gasteiger partial charge in [0, 0.05) is 38.1 Å². The van der Waals surface area contributed by atoms with Crippen LogP contribution < -0.4 is 15.2 Å². The molecule has 0 saturated carbocycles. The first-order chi connectivity index (χ1) is 13.9. The van der Waals surface area contributed by atoms with Gasteiger partial charge in [-0.15, -0.1) is 4.40 Å². The second-order valence-electron chi connectivity index (χ2n) is 7.77. The Kier molecular flexibility index (Phi) is 5.86. The van der Waals surface area contributed by atoms with Crippen LogP contribution in [0, 0.1) is 11.8 Å². The SMILES string of the molecule is NC1=NS(O)(O)Nc2cccc(OC[C@H]3CCCN(C(=O)C4CCOCC4)C3)c21. The van der Waals surface area contributed by atoms with Crippen LogP contribution in [-0.2, 0) is 9.53 Å². The number of amidine groups is 1. The van der Waals surface area contributed by atoms with Crippen LogP contribution >= 0.6 is 11.0 Å². The summed E-state index contributed by atoms with van der Waals surface area (Å²) in [5.74, 6) is 1.12. The van der Waals surface area contributed by atoms with E-state index in [0.29, 0.717) is 43.4 Å². The Hall–Kier alpha value is -2.01. The van der Waals surface area contributed by atoms with Crippen LogP contribution in [0.25, 0.3) is 0 Å². The number of hydrogen-bond acceptors (Lipinski definition) is 8. The minimum Gasteiger partial charge on any atom is -0.492 e. The van der Waals surface area contributed by atoms with Gasteiger partial charge < -0.3 is 20.1 Å². The van der Waals surface area contributed by atoms with E-state index < -0.39 is 11.0 Å². The van der Waals surface area contributed by atoms with E-state index >= 15 is 0 Å². The predicted octanol–water partition coefficient (Wildman–Crippen LogP) is 2.44. The number of carbonyl (C=O) groups is 1. The molecule has 0 aromatic heterocycles. The van der Waals surface area contributed by atoms with E-state index in [1.807, 2.05) is 4.90 Å². The standard InChI is InChI=1S/C19H28N4O5S/c20-18-17-15(21-29(25,26)22-18)4-1-5-16(17)28-12-13-3-2-8-23(11-13)19(24)14-6-9-27-10-7-14/h1,4-5,13-14,21,25-26H,2-3,6-12H2,(H2,20,22)/t13-/m0/s1. The van der Waals surface area contributed by atoms with Crippen molar-refractivity contribution in [2.75, 3.05) is 37.6 Å². The summed E-state index contributed by atoms with van der Waals surface area (Å²) in [6.45, 7) is 3.27. The van der Waals surface area contributed by atoms with Crippen molar-refractivity contribution in [3.8, 4) is 5.75 Å². The van der Waals surface area contributed by atoms with Crippen molar-refractivity contribution in [3.05, 3.63) is 23.8 Å². The van der Waals surface area contributed by atoms with Crippen molar-refractivity contribution in [3.63, 3.8) is 0 Å². The van der Waals surface area contributed by atoms with Crippen LogP contribution in [0.4, 0.5) is 5.69 Å². The molecule has 1 amide bonds. The Morgan fingerprint density at radius 2 is 2.14 bits per heavy atom. The fourth-order valence-electron chi connectivity index (χ4n) is 4.17. The molecule has 1 atom stereocenters. The maximum absolute atomic E-state index is 12.8. The normalized spacial score (nSPS) is 25.4. The lowest BCUT2D eigenvalue weighted by Gasteiger charge is -2.36. The zero-order chi connectivity index (χ0) is 20.4. The molecule has 3 heterocycles. The number of nitrogens with one attached hydrogen (secondary N) is 1. The first-order valence-corrected chi connectivity index (χ1v) is 11.5. The molecular formula is C19H28N4O5S. The molecule has 3 aliphatic heterocycles. The van der Waals surface area contributed by atoms with E-state index in [-0.39, 0.29) is 23.6 Å². The van der Waals surface area contributed by atoms with Gasteiger partial charge in [-0.05, 0) is 48.8 Å². The molecule has 0 spiro atoms. The largest absolute Gasteiger partial charge is 0.492 e. The third-order valence-electron chi connectivity index (χ3n) is 5.63. The Bertz CT molecular complexity index is 797. The summed E-state index contributed by atoms with van der Waals surface area (Å²) >= 11 is 0. The van der Waals surface area contributed by atoms with Gasteiger partial charge in [0.05, 0.1) is 17.9 Å². The van der Waals surface area contributed by atoms with Gasteiger partial charge in [-0.2, -0.15) is 0 Å². The number of likely N-dealkylation sites (tertiary alicyclic amines) is 1. The minimum atomic E-state index is -3.32. The summed E-state index contributed by atoms with van der Waals surface area (Å²) in [5, 5.41) is 0. The van der Waals surface area contributed by atoms with Crippen molar-refractivity contribution < 1.29 is 23.4 Å². The maximum atomic E-state index is 12.8. The smallest absolute Gasteiger partial charge is 0.225 e. The minimum absolute atomic E-state index is 0.0364. The monoisotopic (exact) mass is 424 g/mol. The van der Waals surface area contributed by atoms with Crippen LogP contribution in [0.15, 0.2) is 22.6 Å². The molecule has 2 saturated heterocycles. The first-order valence-electron chi connectivity index (χ1n) is 9.97. The molecule has 0 aliphatic carbocycles. The summed E-state index contributed by atoms with van der Waals surface area (Å²) in [4.78, 5) is 14.8. The number of anilines is 1. The van der Waals surface area contributed by atoms with Gasteiger partial charge in [-0.1, -0.05) is 6.07 Å². The Labute approximate surface area is 171 Å². The fraction of sp³-hybridized carbons (Fsp3) is 0.579. The van der Waals surface area contributed by atoms with Crippen molar-refractivity contribution in [1.82, 2.24) is 4.90 Å². The van der Waals surface area contributed by atoms with E-state index in [1.54, 1.807) is 18.2 Å². The highest BCUT2D eigenvalue weighted by atomic mass is 32.3. The Morgan fingerprint density at radius 3 is 2.93 bits per heavy atom. The number of benzene rings is 1. The summed E-state index contributed by atoms with van der Waals surface area (Å²) < 4.78 is 37.3. The lowest BCUT2D eigenvalue weighted by molar-refractivity contribution is -0.140. The predicted molar refractivity (Wildman–Crippen MR) is 112 cm³/mol. The van der Waals surface area contributed by atoms with Gasteiger partial charge >= 0.3 is 0 Å². The second-order valence-corrected chi connectivity index (χ2v) is 9.19. The number of nitrogens with zero attached hydrogens (tertiary/aromatic N) is 2. The average Bonchev–Trinajstić information content (AvgIpc) is 2.71. The van der Waals surface area contributed by atoms with Crippen molar-refractivity contribution >= 4 is 28.4 Å². The molecule has 29 heavy (non-hydrogen) atoms. The fourth-order valence-corrected chi connectivity index (χ4v) is 5.04. The maximum Gasteiger partial charge on any atom is 0.225 e. The average molecular weight is 425 g/mol. The molecule has 9 nitrogen and oxygen atoms in total. The molecular weight excluding hydrogens is 396 g/mol. The number of amides is 1. The highest BCUT2D eigenvalue weighted by Crippen LogP contribution is 2.46. The van der Waals surface area contributed by atoms with Crippen molar-refractivity contribution in [2.45, 2.75) is 25.7 Å². The molecule has 10 heteroatoms. The van der Waals surface area contributed by atoms with Gasteiger partial charge in [0.2, 0.25) is 5.91 Å². The zero-order valence-electron chi connectivity index (χ0n) is 16.2. The van der Waals surface area contributed by atoms with E-state index in [2.05, 4.69) is 9.12 Å². The molecule has 0 unspecified atom stereocenters. The van der Waals surface area contributed by atoms with E-state index in [0.717, 1.165) is 32.2 Å². The lowest BCUT2D eigenvalue weighted by atomic mass is 9.94. The second kappa shape index (κ2) is 8.39. The first kappa shape index (κ1) is 20.3. The Morgan fingerprint density at radius 1 is 1.34 bits per heavy atom. The molecule has 0 radical (unpaired) electrons. The van der Waals surface area contributed by atoms with Crippen molar-refractivity contribution in [2.24, 2.45) is 22.0 Å². The van der Waals surface area contributed by atoms with Crippen LogP contribution in [-0.4, -0.2) is 58.7 Å². The number of nitrogens with two attached hydrogens (primary N) is 1. The third-order valence-corrected chi connectivity index (χ3v) is 6.58. The summed E-state index contributed by atoms with van der Waals surface area (Å²) in [6, 6.07) is 5.25. The number of hydrogen-bond donors (Lipinski definition) is 4. The van der Waals surface area contributed by atoms with E-state index in [9.17, 15) is 13.9 Å². The highest BCUT2D eigenvalue weighted by molar-refractivity contribution is 8.24. The summed E-state index contributed by atoms with van der Waals surface area (Å²) in [5.41, 5.74) is 6.96. The van der Waals surface area contributed by atoms with E-state index in [1.165, 1.54) is 0 Å².